The Kier molecular flexibility index (Phi) is 5.34. The molecule has 2 aromatic rings. The number of hydrogen-bond acceptors (Lipinski definition) is 4. The fourth-order valence-corrected chi connectivity index (χ4v) is 6.51. The van der Waals surface area contributed by atoms with Crippen LogP contribution < -0.4 is 5.73 Å². The van der Waals surface area contributed by atoms with Crippen molar-refractivity contribution < 1.29 is 13.6 Å². The van der Waals surface area contributed by atoms with Crippen molar-refractivity contribution in [2.45, 2.75) is 55.9 Å². The second-order valence-corrected chi connectivity index (χ2v) is 9.95. The van der Waals surface area contributed by atoms with Crippen molar-refractivity contribution in [3.05, 3.63) is 70.8 Å². The number of nitrogens with zero attached hydrogens (tertiary/aromatic N) is 2. The van der Waals surface area contributed by atoms with Crippen molar-refractivity contribution in [1.29, 1.82) is 0 Å². The molecule has 1 aliphatic heterocycles. The van der Waals surface area contributed by atoms with Gasteiger partial charge in [-0.15, -0.1) is 0 Å². The van der Waals surface area contributed by atoms with E-state index < -0.39 is 16.5 Å². The van der Waals surface area contributed by atoms with Crippen molar-refractivity contribution in [3.8, 4) is 0 Å². The van der Waals surface area contributed by atoms with Crippen molar-refractivity contribution in [2.75, 3.05) is 0 Å². The molecule has 1 atom stereocenters. The number of amides is 1. The first kappa shape index (κ1) is 20.6. The summed E-state index contributed by atoms with van der Waals surface area (Å²) in [6, 6.07) is 11.6. The second kappa shape index (κ2) is 8.02. The Labute approximate surface area is 184 Å². The highest BCUT2D eigenvalue weighted by Gasteiger charge is 2.52. The molecule has 4 nitrogen and oxygen atoms in total. The zero-order chi connectivity index (χ0) is 21.6. The lowest BCUT2D eigenvalue weighted by Gasteiger charge is -2.41. The van der Waals surface area contributed by atoms with Crippen LogP contribution in [0.2, 0.25) is 0 Å². The second-order valence-electron chi connectivity index (χ2n) is 8.69. The molecule has 3 aliphatic rings. The molecule has 5 rings (SSSR count). The standard InChI is InChI=1S/C24H25F2N3OS/c25-17-9-12-21(26)19(14-17)22-28-29(23(30)16-7-10-18(27)11-8-16)24(31-22)13-3-5-15-4-1-2-6-20(15)24/h1-2,4,6,9,12,14,16,18H,3,5,7-8,10-11,13,27H2/t16-,18+,24?. The molecule has 31 heavy (non-hydrogen) atoms. The Morgan fingerprint density at radius 2 is 1.90 bits per heavy atom. The van der Waals surface area contributed by atoms with Crippen molar-refractivity contribution in [3.63, 3.8) is 0 Å². The smallest absolute Gasteiger partial charge is 0.247 e. The van der Waals surface area contributed by atoms with Gasteiger partial charge in [-0.05, 0) is 74.3 Å². The summed E-state index contributed by atoms with van der Waals surface area (Å²) in [6.45, 7) is 0. The van der Waals surface area contributed by atoms with Crippen LogP contribution in [0, 0.1) is 17.6 Å². The molecule has 0 saturated heterocycles. The van der Waals surface area contributed by atoms with E-state index in [-0.39, 0.29) is 23.4 Å². The predicted molar refractivity (Wildman–Crippen MR) is 118 cm³/mol. The van der Waals surface area contributed by atoms with Crippen LogP contribution >= 0.6 is 11.8 Å². The Morgan fingerprint density at radius 3 is 2.71 bits per heavy atom. The molecule has 1 saturated carbocycles. The lowest BCUT2D eigenvalue weighted by Crippen LogP contribution is -2.47. The van der Waals surface area contributed by atoms with Gasteiger partial charge in [-0.1, -0.05) is 36.0 Å². The molecular formula is C24H25F2N3OS. The summed E-state index contributed by atoms with van der Waals surface area (Å²) >= 11 is 1.38. The van der Waals surface area contributed by atoms with Gasteiger partial charge in [0.05, 0.1) is 0 Å². The van der Waals surface area contributed by atoms with Gasteiger partial charge < -0.3 is 5.73 Å². The molecule has 0 aromatic heterocycles. The van der Waals surface area contributed by atoms with E-state index >= 15 is 0 Å². The summed E-state index contributed by atoms with van der Waals surface area (Å²) < 4.78 is 28.6. The summed E-state index contributed by atoms with van der Waals surface area (Å²) in [7, 11) is 0. The van der Waals surface area contributed by atoms with E-state index in [4.69, 9.17) is 5.73 Å². The summed E-state index contributed by atoms with van der Waals surface area (Å²) in [5, 5.41) is 6.61. The Balaban J connectivity index is 1.59. The molecule has 0 bridgehead atoms. The number of hydrogen-bond donors (Lipinski definition) is 1. The summed E-state index contributed by atoms with van der Waals surface area (Å²) in [5.74, 6) is -1.25. The average Bonchev–Trinajstić information content (AvgIpc) is 3.15. The van der Waals surface area contributed by atoms with Gasteiger partial charge in [0.15, 0.2) is 0 Å². The lowest BCUT2D eigenvalue weighted by molar-refractivity contribution is -0.140. The van der Waals surface area contributed by atoms with Crippen molar-refractivity contribution in [1.82, 2.24) is 5.01 Å². The van der Waals surface area contributed by atoms with Crippen LogP contribution in [0.25, 0.3) is 0 Å². The average molecular weight is 442 g/mol. The summed E-state index contributed by atoms with van der Waals surface area (Å²) in [5.41, 5.74) is 8.38. The molecule has 2 aromatic carbocycles. The normalized spacial score (nSPS) is 27.8. The zero-order valence-electron chi connectivity index (χ0n) is 17.2. The molecule has 7 heteroatoms. The number of carbonyl (C=O) groups is 1. The number of benzene rings is 2. The number of thioether (sulfide) groups is 1. The van der Waals surface area contributed by atoms with E-state index in [9.17, 15) is 13.6 Å². The molecule has 1 unspecified atom stereocenters. The summed E-state index contributed by atoms with van der Waals surface area (Å²) in [4.78, 5) is 13.0. The van der Waals surface area contributed by atoms with Crippen LogP contribution in [0.1, 0.15) is 55.2 Å². The molecule has 1 spiro atoms. The van der Waals surface area contributed by atoms with Gasteiger partial charge >= 0.3 is 0 Å². The van der Waals surface area contributed by atoms with E-state index in [1.807, 2.05) is 18.2 Å². The molecule has 162 valence electrons. The first-order chi connectivity index (χ1) is 15.0. The quantitative estimate of drug-likeness (QED) is 0.721. The third-order valence-electron chi connectivity index (χ3n) is 6.69. The molecule has 2 N–H and O–H groups in total. The van der Waals surface area contributed by atoms with Crippen LogP contribution in [0.4, 0.5) is 8.78 Å². The Hall–Kier alpha value is -2.25. The van der Waals surface area contributed by atoms with Crippen LogP contribution in [-0.2, 0) is 16.1 Å². The molecule has 2 aliphatic carbocycles. The number of hydrazone groups is 1. The van der Waals surface area contributed by atoms with Crippen molar-refractivity contribution >= 4 is 22.7 Å². The highest BCUT2D eigenvalue weighted by atomic mass is 32.2. The highest BCUT2D eigenvalue weighted by Crippen LogP contribution is 2.54. The minimum absolute atomic E-state index is 0.0390. The van der Waals surface area contributed by atoms with E-state index in [1.54, 1.807) is 5.01 Å². The zero-order valence-corrected chi connectivity index (χ0v) is 18.0. The van der Waals surface area contributed by atoms with Crippen LogP contribution in [0.3, 0.4) is 0 Å². The van der Waals surface area contributed by atoms with E-state index in [2.05, 4.69) is 11.2 Å². The topological polar surface area (TPSA) is 58.7 Å². The maximum absolute atomic E-state index is 14.6. The SMILES string of the molecule is N[C@H]1CC[C@@H](C(=O)N2N=C(c3cc(F)ccc3F)SC23CCCc2ccccc23)CC1. The third kappa shape index (κ3) is 3.57. The van der Waals surface area contributed by atoms with Gasteiger partial charge in [0.2, 0.25) is 5.91 Å². The first-order valence-corrected chi connectivity index (χ1v) is 11.7. The van der Waals surface area contributed by atoms with E-state index in [0.717, 1.165) is 68.7 Å². The lowest BCUT2D eigenvalue weighted by atomic mass is 9.83. The van der Waals surface area contributed by atoms with Gasteiger partial charge in [-0.3, -0.25) is 4.79 Å². The van der Waals surface area contributed by atoms with Crippen LogP contribution in [-0.4, -0.2) is 22.0 Å². The van der Waals surface area contributed by atoms with Crippen LogP contribution in [0.5, 0.6) is 0 Å². The Morgan fingerprint density at radius 1 is 1.13 bits per heavy atom. The first-order valence-electron chi connectivity index (χ1n) is 10.9. The number of halogens is 2. The fraction of sp³-hybridized carbons (Fsp3) is 0.417. The maximum Gasteiger partial charge on any atom is 0.247 e. The van der Waals surface area contributed by atoms with E-state index in [1.165, 1.54) is 17.3 Å². The van der Waals surface area contributed by atoms with E-state index in [0.29, 0.717) is 5.04 Å². The fourth-order valence-electron chi connectivity index (χ4n) is 5.03. The number of aryl methyl sites for hydroxylation is 1. The molecule has 1 heterocycles. The van der Waals surface area contributed by atoms with Gasteiger partial charge in [0.1, 0.15) is 21.5 Å². The number of fused-ring (bicyclic) bond motifs is 2. The monoisotopic (exact) mass is 441 g/mol. The van der Waals surface area contributed by atoms with Gasteiger partial charge in [-0.25, -0.2) is 13.8 Å². The third-order valence-corrected chi connectivity index (χ3v) is 8.12. The predicted octanol–water partition coefficient (Wildman–Crippen LogP) is 4.91. The van der Waals surface area contributed by atoms with Crippen LogP contribution in [0.15, 0.2) is 47.6 Å². The molecule has 1 fully saturated rings. The maximum atomic E-state index is 14.6. The minimum Gasteiger partial charge on any atom is -0.328 e. The van der Waals surface area contributed by atoms with Gasteiger partial charge in [-0.2, -0.15) is 5.10 Å². The molecule has 0 radical (unpaired) electrons. The molecule has 1 amide bonds. The number of nitrogens with two attached hydrogens (primary N) is 1. The largest absolute Gasteiger partial charge is 0.328 e. The minimum atomic E-state index is -0.723. The highest BCUT2D eigenvalue weighted by molar-refractivity contribution is 8.15. The molecular weight excluding hydrogens is 416 g/mol. The number of rotatable bonds is 2. The van der Waals surface area contributed by atoms with Crippen molar-refractivity contribution in [2.24, 2.45) is 16.8 Å². The summed E-state index contributed by atoms with van der Waals surface area (Å²) in [6.07, 6.45) is 5.65. The number of carbonyl (C=O) groups excluding carboxylic acids is 1. The Bertz CT molecular complexity index is 1050. The van der Waals surface area contributed by atoms with Gasteiger partial charge in [0.25, 0.3) is 0 Å². The van der Waals surface area contributed by atoms with Gasteiger partial charge in [0, 0.05) is 17.5 Å².